The third-order valence-electron chi connectivity index (χ3n) is 16.9. The smallest absolute Gasteiger partial charge is 0.289 e. The molecule has 14 aromatic rings. The second-order valence-corrected chi connectivity index (χ2v) is 24.4. The maximum atomic E-state index is 5.87. The normalized spacial score (nSPS) is 14.4. The number of nitrogens with zero attached hydrogens (tertiary/aromatic N) is 16. The van der Waals surface area contributed by atoms with E-state index in [1.165, 1.54) is 28.5 Å². The third-order valence-corrected chi connectivity index (χ3v) is 18.7. The van der Waals surface area contributed by atoms with Gasteiger partial charge in [0.1, 0.15) is 35.1 Å². The van der Waals surface area contributed by atoms with E-state index in [4.69, 9.17) is 29.1 Å². The molecule has 8 aliphatic rings. The number of fused-ring (bicyclic) bond motifs is 26. The summed E-state index contributed by atoms with van der Waals surface area (Å²) in [6, 6.07) is 87.6. The third kappa shape index (κ3) is 11.4. The van der Waals surface area contributed by atoms with Crippen molar-refractivity contribution in [3.05, 3.63) is 316 Å². The predicted octanol–water partition coefficient (Wildman–Crippen LogP) is 16.3. The Morgan fingerprint density at radius 3 is 1.14 bits per heavy atom. The van der Waals surface area contributed by atoms with Crippen LogP contribution in [0.4, 0.5) is 45.0 Å². The van der Waals surface area contributed by atoms with E-state index in [1.807, 2.05) is 173 Å². The van der Waals surface area contributed by atoms with Gasteiger partial charge in [-0.25, -0.2) is 15.0 Å². The first-order chi connectivity index (χ1) is 47.6. The number of benzene rings is 10. The van der Waals surface area contributed by atoms with Crippen LogP contribution in [0.5, 0.6) is 0 Å². The first-order valence-electron chi connectivity index (χ1n) is 30.6. The van der Waals surface area contributed by atoms with Crippen molar-refractivity contribution in [3.8, 4) is 44.5 Å². The molecule has 8 aliphatic heterocycles. The minimum atomic E-state index is 0. The number of oxazole rings is 2. The van der Waals surface area contributed by atoms with Crippen LogP contribution in [0.2, 0.25) is 0 Å². The fraction of sp³-hybridized carbons (Fsp3) is 0. The van der Waals surface area contributed by atoms with E-state index in [9.17, 15) is 0 Å². The molecule has 0 atom stereocenters. The second-order valence-electron chi connectivity index (χ2n) is 22.5. The quantitative estimate of drug-likeness (QED) is 0.154. The molecule has 4 radical (unpaired) electrons. The summed E-state index contributed by atoms with van der Waals surface area (Å²) in [4.78, 5) is 26.0. The molecule has 22 rings (SSSR count). The summed E-state index contributed by atoms with van der Waals surface area (Å²) in [6.07, 6.45) is 4.93. The molecule has 0 saturated carbocycles. The molecule has 496 valence electrons. The first kappa shape index (κ1) is 66.0. The number of para-hydroxylation sites is 7. The summed E-state index contributed by atoms with van der Waals surface area (Å²) in [6.45, 7) is 7.73. The van der Waals surface area contributed by atoms with E-state index in [0.29, 0.717) is 12.0 Å². The van der Waals surface area contributed by atoms with Crippen LogP contribution in [-0.2, 0) is 80.4 Å². The van der Waals surface area contributed by atoms with Crippen molar-refractivity contribution in [2.75, 3.05) is 39.6 Å². The molecule has 0 fully saturated rings. The number of aromatic nitrogens is 4. The average molecular weight is 2050 g/mol. The molecule has 0 amide bonds. The predicted molar refractivity (Wildman–Crippen MR) is 378 cm³/mol. The maximum absolute atomic E-state index is 5.87. The SMILES string of the molecule is [Ir].[Ir].[Ir].[Ir].[c-]1cccc2c1N1[CH-]N(c3nc4ccccc4o3)N=C1c1ccccc1-2.[c-]1cccc2c1N1[CH-]N(c3nc4ccccc4s3)N=C1c1ccccc1-2.[c-]1cccc2c1N1[CH-]N(c3ncco3)N=C1c1ccccc1-2.[c-]1cccc2c1N1[CH-]N(c3nccs3)N=C1c1ccccc1-2. The van der Waals surface area contributed by atoms with Gasteiger partial charge in [0, 0.05) is 114 Å². The fourth-order valence-electron chi connectivity index (χ4n) is 12.7. The van der Waals surface area contributed by atoms with Gasteiger partial charge in [0.05, 0.1) is 16.4 Å². The van der Waals surface area contributed by atoms with Crippen molar-refractivity contribution in [1.82, 2.24) is 19.9 Å². The van der Waals surface area contributed by atoms with Crippen LogP contribution in [0.25, 0.3) is 65.8 Å². The number of hydrogen-bond donors (Lipinski definition) is 0. The van der Waals surface area contributed by atoms with Crippen LogP contribution in [0.1, 0.15) is 22.3 Å². The zero-order chi connectivity index (χ0) is 63.2. The van der Waals surface area contributed by atoms with E-state index < -0.39 is 0 Å². The van der Waals surface area contributed by atoms with Crippen molar-refractivity contribution >= 4 is 112 Å². The standard InChI is InChI=1S/C21H12N4O.C21H12N4S.C17H10N4O.C17H10N4S.4Ir/c2*1-2-9-16-14(7-1)15-8-3-5-11-18(15)24-13-25(23-20(16)24)21-22-17-10-4-6-12-19(17)26-21;2*1-2-7-14-12(5-1)13-6-3-4-8-15(13)20-11-21(19-16(14)20)17-18-9-10-22-17;;;;/h2*1-10,12-13H;2*1-7,9-11H;;;;/q4*-2;;;;. The summed E-state index contributed by atoms with van der Waals surface area (Å²) < 4.78 is 12.4. The number of anilines is 8. The summed E-state index contributed by atoms with van der Waals surface area (Å²) in [5.74, 6) is 3.53. The van der Waals surface area contributed by atoms with Gasteiger partial charge in [0.15, 0.2) is 15.8 Å². The van der Waals surface area contributed by atoms with Gasteiger partial charge in [-0.3, -0.25) is 0 Å². The molecule has 4 aromatic heterocycles. The van der Waals surface area contributed by atoms with Crippen molar-refractivity contribution in [3.63, 3.8) is 0 Å². The minimum Gasteiger partial charge on any atom is -0.476 e. The molecule has 0 aliphatic carbocycles. The van der Waals surface area contributed by atoms with Crippen molar-refractivity contribution in [1.29, 1.82) is 0 Å². The van der Waals surface area contributed by atoms with Crippen molar-refractivity contribution < 1.29 is 89.3 Å². The van der Waals surface area contributed by atoms with E-state index in [1.54, 1.807) is 45.1 Å². The Labute approximate surface area is 636 Å². The summed E-state index contributed by atoms with van der Waals surface area (Å²) >= 11 is 3.21. The maximum Gasteiger partial charge on any atom is 0.289 e. The van der Waals surface area contributed by atoms with Crippen molar-refractivity contribution in [2.24, 2.45) is 20.4 Å². The molecule has 18 nitrogen and oxygen atoms in total. The van der Waals surface area contributed by atoms with Crippen LogP contribution in [-0.4, -0.2) is 43.3 Å². The summed E-state index contributed by atoms with van der Waals surface area (Å²) in [7, 11) is 0. The fourth-order valence-corrected chi connectivity index (χ4v) is 14.2. The molecule has 0 unspecified atom stereocenters. The van der Waals surface area contributed by atoms with Gasteiger partial charge in [-0.05, 0) is 24.3 Å². The second kappa shape index (κ2) is 27.7. The summed E-state index contributed by atoms with van der Waals surface area (Å²) in [5, 5.41) is 29.7. The van der Waals surface area contributed by atoms with Crippen LogP contribution >= 0.6 is 22.7 Å². The van der Waals surface area contributed by atoms with Gasteiger partial charge in [-0.15, -0.1) is 60.3 Å². The minimum absolute atomic E-state index is 0. The Bertz CT molecular complexity index is 5130. The number of hydrogen-bond acceptors (Lipinski definition) is 20. The largest absolute Gasteiger partial charge is 0.476 e. The van der Waals surface area contributed by atoms with Crippen LogP contribution < -0.4 is 39.6 Å². The molecular weight excluding hydrogens is 2000 g/mol. The number of amidine groups is 4. The zero-order valence-electron chi connectivity index (χ0n) is 51.5. The zero-order valence-corrected chi connectivity index (χ0v) is 62.7. The monoisotopic (exact) mass is 2050 g/mol. The Hall–Kier alpha value is -9.92. The van der Waals surface area contributed by atoms with Gasteiger partial charge in [0.25, 0.3) is 12.0 Å². The van der Waals surface area contributed by atoms with Gasteiger partial charge in [-0.2, -0.15) is 122 Å². The first-order valence-corrected chi connectivity index (χ1v) is 32.3. The molecule has 24 heteroatoms. The van der Waals surface area contributed by atoms with Gasteiger partial charge >= 0.3 is 0 Å². The molecule has 0 bridgehead atoms. The van der Waals surface area contributed by atoms with Gasteiger partial charge in [-0.1, -0.05) is 178 Å². The molecular formula is C76H44Ir4N16O2S2-8. The Kier molecular flexibility index (Phi) is 18.2. The van der Waals surface area contributed by atoms with Crippen LogP contribution in [0.3, 0.4) is 0 Å². The summed E-state index contributed by atoms with van der Waals surface area (Å²) in [5.41, 5.74) is 20.3. The van der Waals surface area contributed by atoms with Crippen LogP contribution in [0, 0.1) is 50.9 Å². The van der Waals surface area contributed by atoms with Gasteiger partial charge in [0.2, 0.25) is 0 Å². The van der Waals surface area contributed by atoms with Gasteiger partial charge < -0.3 is 48.5 Å². The number of thiazole rings is 2. The number of rotatable bonds is 4. The van der Waals surface area contributed by atoms with E-state index >= 15 is 0 Å². The van der Waals surface area contributed by atoms with E-state index in [-0.39, 0.29) is 80.4 Å². The Balaban J connectivity index is 0.000000107. The average Bonchev–Trinajstić information content (AvgIpc) is 1.49. The topological polar surface area (TPSA) is 153 Å². The van der Waals surface area contributed by atoms with E-state index in [0.717, 1.165) is 122 Å². The molecule has 10 aromatic carbocycles. The number of hydrazone groups is 4. The molecule has 100 heavy (non-hydrogen) atoms. The molecule has 0 saturated heterocycles. The van der Waals surface area contributed by atoms with E-state index in [2.05, 4.69) is 151 Å². The Morgan fingerprint density at radius 2 is 0.720 bits per heavy atom. The van der Waals surface area contributed by atoms with Crippen molar-refractivity contribution in [2.45, 2.75) is 0 Å². The molecule has 0 N–H and O–H groups in total. The van der Waals surface area contributed by atoms with Crippen LogP contribution in [0.15, 0.2) is 272 Å². The Morgan fingerprint density at radius 1 is 0.340 bits per heavy atom. The molecule has 12 heterocycles. The molecule has 0 spiro atoms.